The molecule has 1 aromatic rings. The zero-order valence-electron chi connectivity index (χ0n) is 14.5. The molecule has 142 valence electrons. The highest BCUT2D eigenvalue weighted by Gasteiger charge is 2.25. The Kier molecular flexibility index (Phi) is 5.33. The topological polar surface area (TPSA) is 108 Å². The number of benzene rings is 1. The molecule has 10 heteroatoms. The molecule has 2 N–H and O–H groups in total. The fraction of sp³-hybridized carbons (Fsp3) is 0.500. The van der Waals surface area contributed by atoms with E-state index >= 15 is 0 Å². The quantitative estimate of drug-likeness (QED) is 0.775. The van der Waals surface area contributed by atoms with Gasteiger partial charge in [-0.3, -0.25) is 4.79 Å². The van der Waals surface area contributed by atoms with Gasteiger partial charge in [0.1, 0.15) is 5.75 Å². The molecule has 0 aliphatic carbocycles. The van der Waals surface area contributed by atoms with E-state index in [9.17, 15) is 18.0 Å². The summed E-state index contributed by atoms with van der Waals surface area (Å²) in [5.74, 6) is 0.234. The number of sulfonamides is 1. The first kappa shape index (κ1) is 18.5. The van der Waals surface area contributed by atoms with Crippen LogP contribution in [0.15, 0.2) is 18.2 Å². The molecule has 0 unspecified atom stereocenters. The molecular formula is C16H22N4O5S. The molecule has 1 saturated heterocycles. The van der Waals surface area contributed by atoms with Crippen molar-refractivity contribution in [2.24, 2.45) is 0 Å². The number of carbonyl (C=O) groups is 2. The van der Waals surface area contributed by atoms with Crippen molar-refractivity contribution < 1.29 is 22.7 Å². The van der Waals surface area contributed by atoms with E-state index in [0.717, 1.165) is 12.8 Å². The standard InChI is InChI=1S/C16H22N4O5S/c1-19-13-5-4-12(10-14(13)25-11-15(19)21)18-16(22)17-6-9-26(23,24)20-7-2-3-8-20/h4-5,10H,2-3,6-9,11H2,1H3,(H2,17,18,22). The molecule has 2 aliphatic rings. The van der Waals surface area contributed by atoms with E-state index in [1.165, 1.54) is 9.21 Å². The van der Waals surface area contributed by atoms with Crippen molar-refractivity contribution in [1.82, 2.24) is 9.62 Å². The largest absolute Gasteiger partial charge is 0.481 e. The van der Waals surface area contributed by atoms with Crippen LogP contribution in [0.2, 0.25) is 0 Å². The minimum atomic E-state index is -3.32. The fourth-order valence-electron chi connectivity index (χ4n) is 2.92. The maximum Gasteiger partial charge on any atom is 0.319 e. The molecule has 1 fully saturated rings. The number of urea groups is 1. The molecule has 3 rings (SSSR count). The molecule has 9 nitrogen and oxygen atoms in total. The number of ether oxygens (including phenoxy) is 1. The van der Waals surface area contributed by atoms with Gasteiger partial charge in [0.05, 0.1) is 11.4 Å². The second-order valence-corrected chi connectivity index (χ2v) is 8.32. The van der Waals surface area contributed by atoms with Crippen molar-refractivity contribution in [3.05, 3.63) is 18.2 Å². The van der Waals surface area contributed by atoms with Gasteiger partial charge in [-0.25, -0.2) is 17.5 Å². The Labute approximate surface area is 152 Å². The van der Waals surface area contributed by atoms with Crippen LogP contribution in [-0.2, 0) is 14.8 Å². The van der Waals surface area contributed by atoms with Crippen LogP contribution >= 0.6 is 0 Å². The van der Waals surface area contributed by atoms with Crippen molar-refractivity contribution in [2.45, 2.75) is 12.8 Å². The second kappa shape index (κ2) is 7.50. The second-order valence-electron chi connectivity index (χ2n) is 6.23. The van der Waals surface area contributed by atoms with Gasteiger partial charge < -0.3 is 20.3 Å². The average Bonchev–Trinajstić information content (AvgIpc) is 3.14. The van der Waals surface area contributed by atoms with Gasteiger partial charge in [0.25, 0.3) is 5.91 Å². The number of nitrogens with zero attached hydrogens (tertiary/aromatic N) is 2. The van der Waals surface area contributed by atoms with E-state index in [4.69, 9.17) is 4.74 Å². The predicted octanol–water partition coefficient (Wildman–Crippen LogP) is 0.589. The minimum Gasteiger partial charge on any atom is -0.481 e. The number of hydrogen-bond donors (Lipinski definition) is 2. The number of fused-ring (bicyclic) bond motifs is 1. The number of hydrogen-bond acceptors (Lipinski definition) is 5. The Morgan fingerprint density at radius 1 is 1.27 bits per heavy atom. The monoisotopic (exact) mass is 382 g/mol. The van der Waals surface area contributed by atoms with Crippen molar-refractivity contribution in [1.29, 1.82) is 0 Å². The van der Waals surface area contributed by atoms with Crippen molar-refractivity contribution in [3.63, 3.8) is 0 Å². The Morgan fingerprint density at radius 3 is 2.73 bits per heavy atom. The molecule has 26 heavy (non-hydrogen) atoms. The van der Waals surface area contributed by atoms with Crippen LogP contribution in [0.4, 0.5) is 16.2 Å². The van der Waals surface area contributed by atoms with E-state index in [-0.39, 0.29) is 24.8 Å². The number of carbonyl (C=O) groups excluding carboxylic acids is 2. The number of rotatable bonds is 5. The van der Waals surface area contributed by atoms with Gasteiger partial charge in [0.15, 0.2) is 6.61 Å². The first-order valence-corrected chi connectivity index (χ1v) is 10.0. The summed E-state index contributed by atoms with van der Waals surface area (Å²) in [4.78, 5) is 25.0. The lowest BCUT2D eigenvalue weighted by molar-refractivity contribution is -0.120. The Morgan fingerprint density at radius 2 is 2.00 bits per heavy atom. The molecule has 2 heterocycles. The summed E-state index contributed by atoms with van der Waals surface area (Å²) in [6.45, 7) is 1.10. The van der Waals surface area contributed by atoms with Crippen LogP contribution in [0, 0.1) is 0 Å². The third-order valence-corrected chi connectivity index (χ3v) is 6.28. The SMILES string of the molecule is CN1C(=O)COc2cc(NC(=O)NCCS(=O)(=O)N3CCCC3)ccc21. The highest BCUT2D eigenvalue weighted by Crippen LogP contribution is 2.33. The zero-order chi connectivity index (χ0) is 18.7. The molecule has 0 atom stereocenters. The van der Waals surface area contributed by atoms with Gasteiger partial charge >= 0.3 is 6.03 Å². The summed E-state index contributed by atoms with van der Waals surface area (Å²) >= 11 is 0. The number of anilines is 2. The van der Waals surface area contributed by atoms with Gasteiger partial charge in [-0.15, -0.1) is 0 Å². The van der Waals surface area contributed by atoms with E-state index in [1.807, 2.05) is 0 Å². The highest BCUT2D eigenvalue weighted by molar-refractivity contribution is 7.89. The molecule has 0 radical (unpaired) electrons. The van der Waals surface area contributed by atoms with Crippen LogP contribution < -0.4 is 20.3 Å². The third-order valence-electron chi connectivity index (χ3n) is 4.41. The van der Waals surface area contributed by atoms with Gasteiger partial charge in [-0.2, -0.15) is 0 Å². The molecule has 0 spiro atoms. The van der Waals surface area contributed by atoms with Crippen molar-refractivity contribution >= 4 is 33.3 Å². The number of amides is 3. The molecule has 0 bridgehead atoms. The Hall–Kier alpha value is -2.33. The van der Waals surface area contributed by atoms with Crippen molar-refractivity contribution in [2.75, 3.05) is 49.3 Å². The lowest BCUT2D eigenvalue weighted by Crippen LogP contribution is -2.37. The first-order valence-electron chi connectivity index (χ1n) is 8.43. The highest BCUT2D eigenvalue weighted by atomic mass is 32.2. The predicted molar refractivity (Wildman–Crippen MR) is 97.0 cm³/mol. The summed E-state index contributed by atoms with van der Waals surface area (Å²) in [5, 5.41) is 5.18. The summed E-state index contributed by atoms with van der Waals surface area (Å²) in [6.07, 6.45) is 1.77. The van der Waals surface area contributed by atoms with Crippen LogP contribution in [-0.4, -0.2) is 63.7 Å². The summed E-state index contributed by atoms with van der Waals surface area (Å²) in [5.41, 5.74) is 1.12. The lowest BCUT2D eigenvalue weighted by atomic mass is 10.2. The van der Waals surface area contributed by atoms with Crippen LogP contribution in [0.1, 0.15) is 12.8 Å². The summed E-state index contributed by atoms with van der Waals surface area (Å²) in [6, 6.07) is 4.46. The molecule has 2 aliphatic heterocycles. The van der Waals surface area contributed by atoms with Gasteiger partial charge in [0, 0.05) is 38.4 Å². The van der Waals surface area contributed by atoms with Crippen LogP contribution in [0.3, 0.4) is 0 Å². The van der Waals surface area contributed by atoms with Crippen LogP contribution in [0.25, 0.3) is 0 Å². The zero-order valence-corrected chi connectivity index (χ0v) is 15.3. The Bertz CT molecular complexity index is 805. The maximum absolute atomic E-state index is 12.1. The molecule has 1 aromatic carbocycles. The molecule has 3 amide bonds. The number of nitrogens with one attached hydrogen (secondary N) is 2. The normalized spacial score (nSPS) is 17.6. The lowest BCUT2D eigenvalue weighted by Gasteiger charge is -2.26. The summed E-state index contributed by atoms with van der Waals surface area (Å²) < 4.78 is 31.0. The van der Waals surface area contributed by atoms with Crippen molar-refractivity contribution in [3.8, 4) is 5.75 Å². The maximum atomic E-state index is 12.1. The summed E-state index contributed by atoms with van der Waals surface area (Å²) in [7, 11) is -1.66. The smallest absolute Gasteiger partial charge is 0.319 e. The van der Waals surface area contributed by atoms with E-state index < -0.39 is 16.1 Å². The van der Waals surface area contributed by atoms with Gasteiger partial charge in [-0.1, -0.05) is 0 Å². The molecular weight excluding hydrogens is 360 g/mol. The van der Waals surface area contributed by atoms with Gasteiger partial charge in [0.2, 0.25) is 10.0 Å². The van der Waals surface area contributed by atoms with E-state index in [0.29, 0.717) is 30.2 Å². The Balaban J connectivity index is 1.51. The average molecular weight is 382 g/mol. The first-order chi connectivity index (χ1) is 12.4. The van der Waals surface area contributed by atoms with E-state index in [1.54, 1.807) is 25.2 Å². The number of likely N-dealkylation sites (N-methyl/N-ethyl adjacent to an activating group) is 1. The van der Waals surface area contributed by atoms with Gasteiger partial charge in [-0.05, 0) is 25.0 Å². The minimum absolute atomic E-state index is 0.0311. The fourth-order valence-corrected chi connectivity index (χ4v) is 4.35. The van der Waals surface area contributed by atoms with Crippen LogP contribution in [0.5, 0.6) is 5.75 Å². The van der Waals surface area contributed by atoms with E-state index in [2.05, 4.69) is 10.6 Å². The third kappa shape index (κ3) is 4.07. The molecule has 0 aromatic heterocycles. The molecule has 0 saturated carbocycles.